The molecule has 3 heteroatoms. The van der Waals surface area contributed by atoms with Crippen LogP contribution in [0.5, 0.6) is 0 Å². The minimum absolute atomic E-state index is 0.309. The zero-order valence-electron chi connectivity index (χ0n) is 11.6. The number of hydrogen-bond donors (Lipinski definition) is 2. The van der Waals surface area contributed by atoms with Gasteiger partial charge in [0.25, 0.3) is 0 Å². The lowest BCUT2D eigenvalue weighted by Gasteiger charge is -2.23. The lowest BCUT2D eigenvalue weighted by atomic mass is 10.1. The molecule has 1 aromatic carbocycles. The lowest BCUT2D eigenvalue weighted by Crippen LogP contribution is -2.37. The van der Waals surface area contributed by atoms with Crippen molar-refractivity contribution in [2.24, 2.45) is 0 Å². The first-order valence-corrected chi connectivity index (χ1v) is 6.75. The average molecular weight is 248 g/mol. The Kier molecular flexibility index (Phi) is 4.25. The summed E-state index contributed by atoms with van der Waals surface area (Å²) in [6, 6.07) is 7.15. The van der Waals surface area contributed by atoms with Crippen molar-refractivity contribution in [2.45, 2.75) is 38.8 Å². The molecule has 100 valence electrons. The molecule has 1 fully saturated rings. The van der Waals surface area contributed by atoms with Crippen molar-refractivity contribution in [3.8, 4) is 0 Å². The highest BCUT2D eigenvalue weighted by atomic mass is 16.3. The fourth-order valence-corrected chi connectivity index (χ4v) is 2.25. The van der Waals surface area contributed by atoms with E-state index in [-0.39, 0.29) is 6.10 Å². The number of rotatable bonds is 6. The van der Waals surface area contributed by atoms with Crippen molar-refractivity contribution in [3.05, 3.63) is 29.3 Å². The fraction of sp³-hybridized carbons (Fsp3) is 0.600. The van der Waals surface area contributed by atoms with E-state index in [1.54, 1.807) is 0 Å². The van der Waals surface area contributed by atoms with Gasteiger partial charge >= 0.3 is 0 Å². The van der Waals surface area contributed by atoms with Gasteiger partial charge in [-0.2, -0.15) is 0 Å². The van der Waals surface area contributed by atoms with Crippen molar-refractivity contribution >= 4 is 5.69 Å². The predicted octanol–water partition coefficient (Wildman–Crippen LogP) is 1.85. The van der Waals surface area contributed by atoms with E-state index >= 15 is 0 Å². The monoisotopic (exact) mass is 248 g/mol. The number of aliphatic hydroxyl groups is 1. The molecular formula is C15H24N2O. The van der Waals surface area contributed by atoms with Crippen LogP contribution in [0.15, 0.2) is 18.2 Å². The van der Waals surface area contributed by atoms with Gasteiger partial charge < -0.3 is 15.3 Å². The molecule has 0 aliphatic heterocycles. The molecule has 1 aromatic rings. The standard InChI is InChI=1S/C15H24N2O/c1-11-6-12(2)8-14(7-11)17(3)10-15(18)9-16-13-4-5-13/h6-8,13,15-16,18H,4-5,9-10H2,1-3H3. The normalized spacial score (nSPS) is 16.7. The molecule has 2 rings (SSSR count). The van der Waals surface area contributed by atoms with Gasteiger partial charge in [-0.05, 0) is 49.9 Å². The highest BCUT2D eigenvalue weighted by Gasteiger charge is 2.21. The average Bonchev–Trinajstić information content (AvgIpc) is 3.08. The van der Waals surface area contributed by atoms with Gasteiger partial charge in [0.2, 0.25) is 0 Å². The maximum Gasteiger partial charge on any atom is 0.0839 e. The van der Waals surface area contributed by atoms with E-state index in [1.165, 1.54) is 29.7 Å². The Morgan fingerprint density at radius 3 is 2.44 bits per heavy atom. The Hall–Kier alpha value is -1.06. The third-order valence-corrected chi connectivity index (χ3v) is 3.35. The first-order chi connectivity index (χ1) is 8.54. The van der Waals surface area contributed by atoms with Crippen molar-refractivity contribution < 1.29 is 5.11 Å². The maximum atomic E-state index is 9.99. The highest BCUT2D eigenvalue weighted by molar-refractivity contribution is 5.50. The Balaban J connectivity index is 1.86. The third-order valence-electron chi connectivity index (χ3n) is 3.35. The van der Waals surface area contributed by atoms with Crippen LogP contribution in [0, 0.1) is 13.8 Å². The minimum atomic E-state index is -0.309. The fourth-order valence-electron chi connectivity index (χ4n) is 2.25. The maximum absolute atomic E-state index is 9.99. The smallest absolute Gasteiger partial charge is 0.0839 e. The summed E-state index contributed by atoms with van der Waals surface area (Å²) >= 11 is 0. The number of likely N-dealkylation sites (N-methyl/N-ethyl adjacent to an activating group) is 1. The molecule has 0 saturated heterocycles. The molecule has 1 aliphatic rings. The first-order valence-electron chi connectivity index (χ1n) is 6.75. The molecule has 0 radical (unpaired) electrons. The first kappa shape index (κ1) is 13.4. The van der Waals surface area contributed by atoms with Gasteiger partial charge in [0.15, 0.2) is 0 Å². The number of nitrogens with one attached hydrogen (secondary N) is 1. The van der Waals surface area contributed by atoms with E-state index in [9.17, 15) is 5.11 Å². The van der Waals surface area contributed by atoms with Gasteiger partial charge in [0, 0.05) is 31.9 Å². The Morgan fingerprint density at radius 1 is 1.28 bits per heavy atom. The molecule has 0 bridgehead atoms. The van der Waals surface area contributed by atoms with Gasteiger partial charge in [0.05, 0.1) is 6.10 Å². The summed E-state index contributed by atoms with van der Waals surface area (Å²) in [7, 11) is 2.04. The van der Waals surface area contributed by atoms with Crippen molar-refractivity contribution in [3.63, 3.8) is 0 Å². The van der Waals surface area contributed by atoms with E-state index in [0.29, 0.717) is 19.1 Å². The molecule has 18 heavy (non-hydrogen) atoms. The molecule has 1 atom stereocenters. The molecular weight excluding hydrogens is 224 g/mol. The molecule has 1 aliphatic carbocycles. The quantitative estimate of drug-likeness (QED) is 0.806. The topological polar surface area (TPSA) is 35.5 Å². The van der Waals surface area contributed by atoms with Crippen LogP contribution >= 0.6 is 0 Å². The molecule has 2 N–H and O–H groups in total. The summed E-state index contributed by atoms with van der Waals surface area (Å²) in [6.45, 7) is 5.58. The van der Waals surface area contributed by atoms with Crippen LogP contribution < -0.4 is 10.2 Å². The molecule has 0 amide bonds. The number of benzene rings is 1. The van der Waals surface area contributed by atoms with Gasteiger partial charge in [0.1, 0.15) is 0 Å². The van der Waals surface area contributed by atoms with Crippen LogP contribution in [-0.2, 0) is 0 Å². The second-order valence-corrected chi connectivity index (χ2v) is 5.56. The number of aryl methyl sites for hydroxylation is 2. The summed E-state index contributed by atoms with van der Waals surface area (Å²) in [6.07, 6.45) is 2.22. The Bertz CT molecular complexity index is 381. The Labute approximate surface area is 110 Å². The van der Waals surface area contributed by atoms with Crippen LogP contribution in [0.4, 0.5) is 5.69 Å². The molecule has 0 aromatic heterocycles. The van der Waals surface area contributed by atoms with Crippen LogP contribution in [0.25, 0.3) is 0 Å². The van der Waals surface area contributed by atoms with Gasteiger partial charge in [-0.15, -0.1) is 0 Å². The van der Waals surface area contributed by atoms with Crippen LogP contribution in [0.1, 0.15) is 24.0 Å². The van der Waals surface area contributed by atoms with Crippen molar-refractivity contribution in [2.75, 3.05) is 25.0 Å². The van der Waals surface area contributed by atoms with E-state index in [0.717, 1.165) is 0 Å². The van der Waals surface area contributed by atoms with E-state index in [2.05, 4.69) is 42.3 Å². The van der Waals surface area contributed by atoms with Crippen LogP contribution in [0.2, 0.25) is 0 Å². The number of aliphatic hydroxyl groups excluding tert-OH is 1. The predicted molar refractivity (Wildman–Crippen MR) is 76.2 cm³/mol. The van der Waals surface area contributed by atoms with E-state index < -0.39 is 0 Å². The number of anilines is 1. The lowest BCUT2D eigenvalue weighted by molar-refractivity contribution is 0.177. The summed E-state index contributed by atoms with van der Waals surface area (Å²) in [5.74, 6) is 0. The molecule has 3 nitrogen and oxygen atoms in total. The molecule has 1 saturated carbocycles. The molecule has 0 heterocycles. The van der Waals surface area contributed by atoms with Crippen LogP contribution in [0.3, 0.4) is 0 Å². The minimum Gasteiger partial charge on any atom is -0.390 e. The second-order valence-electron chi connectivity index (χ2n) is 5.56. The van der Waals surface area contributed by atoms with Crippen LogP contribution in [-0.4, -0.2) is 37.4 Å². The van der Waals surface area contributed by atoms with Crippen molar-refractivity contribution in [1.82, 2.24) is 5.32 Å². The molecule has 0 spiro atoms. The highest BCUT2D eigenvalue weighted by Crippen LogP contribution is 2.19. The summed E-state index contributed by atoms with van der Waals surface area (Å²) in [5, 5.41) is 13.4. The van der Waals surface area contributed by atoms with Gasteiger partial charge in [-0.25, -0.2) is 0 Å². The second kappa shape index (κ2) is 5.72. The van der Waals surface area contributed by atoms with Gasteiger partial charge in [-0.3, -0.25) is 0 Å². The van der Waals surface area contributed by atoms with E-state index in [4.69, 9.17) is 0 Å². The van der Waals surface area contributed by atoms with Gasteiger partial charge in [-0.1, -0.05) is 6.07 Å². The summed E-state index contributed by atoms with van der Waals surface area (Å²) in [4.78, 5) is 2.12. The molecule has 1 unspecified atom stereocenters. The summed E-state index contributed by atoms with van der Waals surface area (Å²) < 4.78 is 0. The largest absolute Gasteiger partial charge is 0.390 e. The third kappa shape index (κ3) is 4.00. The zero-order chi connectivity index (χ0) is 13.1. The van der Waals surface area contributed by atoms with Crippen molar-refractivity contribution in [1.29, 1.82) is 0 Å². The van der Waals surface area contributed by atoms with E-state index in [1.807, 2.05) is 7.05 Å². The SMILES string of the molecule is Cc1cc(C)cc(N(C)CC(O)CNC2CC2)c1. The number of hydrogen-bond acceptors (Lipinski definition) is 3. The zero-order valence-corrected chi connectivity index (χ0v) is 11.6. The summed E-state index contributed by atoms with van der Waals surface area (Å²) in [5.41, 5.74) is 3.71. The Morgan fingerprint density at radius 2 is 1.89 bits per heavy atom. The number of nitrogens with zero attached hydrogens (tertiary/aromatic N) is 1.